The first-order chi connectivity index (χ1) is 10.4. The molecule has 1 heterocycles. The van der Waals surface area contributed by atoms with Gasteiger partial charge in [-0.15, -0.1) is 0 Å². The molecule has 6 nitrogen and oxygen atoms in total. The maximum absolute atomic E-state index is 12.2. The number of aromatic nitrogens is 1. The summed E-state index contributed by atoms with van der Waals surface area (Å²) in [6.07, 6.45) is 1.59. The van der Waals surface area contributed by atoms with Gasteiger partial charge in [-0.05, 0) is 37.3 Å². The standard InChI is InChI=1S/C16H16N2O4/c1-10-14(16(21)22)7-8-18(10)9-15(20)12-3-5-13(6-4-12)17-11(2)19/h3-8H,9H2,1-2H3,(H,17,19)(H,21,22). The van der Waals surface area contributed by atoms with Crippen LogP contribution >= 0.6 is 0 Å². The average molecular weight is 300 g/mol. The Hall–Kier alpha value is -2.89. The van der Waals surface area contributed by atoms with E-state index in [1.165, 1.54) is 13.0 Å². The number of carboxylic acids is 1. The normalized spacial score (nSPS) is 10.3. The highest BCUT2D eigenvalue weighted by atomic mass is 16.4. The molecule has 114 valence electrons. The molecule has 2 rings (SSSR count). The van der Waals surface area contributed by atoms with Crippen molar-refractivity contribution in [3.63, 3.8) is 0 Å². The topological polar surface area (TPSA) is 88.4 Å². The molecule has 0 aliphatic heterocycles. The highest BCUT2D eigenvalue weighted by Gasteiger charge is 2.14. The van der Waals surface area contributed by atoms with Crippen molar-refractivity contribution >= 4 is 23.3 Å². The molecule has 0 atom stereocenters. The number of ketones is 1. The van der Waals surface area contributed by atoms with Gasteiger partial charge >= 0.3 is 5.97 Å². The van der Waals surface area contributed by atoms with Crippen LogP contribution in [0.1, 0.15) is 33.3 Å². The minimum absolute atomic E-state index is 0.0681. The number of nitrogens with zero attached hydrogens (tertiary/aromatic N) is 1. The highest BCUT2D eigenvalue weighted by molar-refractivity contribution is 5.97. The third-order valence-corrected chi connectivity index (χ3v) is 3.31. The van der Waals surface area contributed by atoms with Gasteiger partial charge in [0, 0.05) is 30.1 Å². The molecule has 0 aliphatic rings. The van der Waals surface area contributed by atoms with Crippen LogP contribution < -0.4 is 5.32 Å². The van der Waals surface area contributed by atoms with Crippen molar-refractivity contribution in [1.82, 2.24) is 4.57 Å². The van der Waals surface area contributed by atoms with Crippen LogP contribution in [0.15, 0.2) is 36.5 Å². The van der Waals surface area contributed by atoms with E-state index < -0.39 is 5.97 Å². The number of benzene rings is 1. The van der Waals surface area contributed by atoms with E-state index >= 15 is 0 Å². The third-order valence-electron chi connectivity index (χ3n) is 3.31. The van der Waals surface area contributed by atoms with Crippen LogP contribution in [0.5, 0.6) is 0 Å². The Morgan fingerprint density at radius 1 is 1.14 bits per heavy atom. The van der Waals surface area contributed by atoms with Crippen molar-refractivity contribution in [2.24, 2.45) is 0 Å². The molecule has 2 N–H and O–H groups in total. The monoisotopic (exact) mass is 300 g/mol. The van der Waals surface area contributed by atoms with E-state index in [1.807, 2.05) is 0 Å². The van der Waals surface area contributed by atoms with Crippen LogP contribution in [-0.4, -0.2) is 27.3 Å². The fourth-order valence-corrected chi connectivity index (χ4v) is 2.14. The molecular weight excluding hydrogens is 284 g/mol. The second-order valence-corrected chi connectivity index (χ2v) is 4.93. The summed E-state index contributed by atoms with van der Waals surface area (Å²) in [6, 6.07) is 8.04. The summed E-state index contributed by atoms with van der Waals surface area (Å²) in [7, 11) is 0. The zero-order chi connectivity index (χ0) is 16.3. The third kappa shape index (κ3) is 3.41. The van der Waals surface area contributed by atoms with Crippen LogP contribution in [-0.2, 0) is 11.3 Å². The van der Waals surface area contributed by atoms with Crippen molar-refractivity contribution in [3.8, 4) is 0 Å². The molecule has 1 aromatic heterocycles. The van der Waals surface area contributed by atoms with Gasteiger partial charge in [-0.2, -0.15) is 0 Å². The molecule has 0 unspecified atom stereocenters. The summed E-state index contributed by atoms with van der Waals surface area (Å²) in [5.41, 5.74) is 1.85. The van der Waals surface area contributed by atoms with Crippen LogP contribution in [0.25, 0.3) is 0 Å². The number of carbonyl (C=O) groups excluding carboxylic acids is 2. The summed E-state index contributed by atoms with van der Waals surface area (Å²) < 4.78 is 1.60. The maximum Gasteiger partial charge on any atom is 0.337 e. The number of anilines is 1. The van der Waals surface area contributed by atoms with Gasteiger partial charge in [0.1, 0.15) is 0 Å². The molecule has 2 aromatic rings. The van der Waals surface area contributed by atoms with E-state index in [1.54, 1.807) is 42.0 Å². The predicted molar refractivity (Wildman–Crippen MR) is 81.2 cm³/mol. The Morgan fingerprint density at radius 2 is 1.77 bits per heavy atom. The largest absolute Gasteiger partial charge is 0.478 e. The molecule has 0 radical (unpaired) electrons. The van der Waals surface area contributed by atoms with E-state index in [-0.39, 0.29) is 23.8 Å². The summed E-state index contributed by atoms with van der Waals surface area (Å²) in [6.45, 7) is 3.14. The fraction of sp³-hybridized carbons (Fsp3) is 0.188. The molecule has 1 amide bonds. The zero-order valence-electron chi connectivity index (χ0n) is 12.3. The number of carbonyl (C=O) groups is 3. The molecule has 0 saturated heterocycles. The first kappa shape index (κ1) is 15.5. The number of hydrogen-bond donors (Lipinski definition) is 2. The van der Waals surface area contributed by atoms with Crippen molar-refractivity contribution < 1.29 is 19.5 Å². The van der Waals surface area contributed by atoms with E-state index in [4.69, 9.17) is 5.11 Å². The summed E-state index contributed by atoms with van der Waals surface area (Å²) >= 11 is 0. The number of nitrogens with one attached hydrogen (secondary N) is 1. The Labute approximate surface area is 127 Å². The number of carboxylic acid groups (broad SMARTS) is 1. The minimum Gasteiger partial charge on any atom is -0.478 e. The van der Waals surface area contributed by atoms with Crippen LogP contribution in [0, 0.1) is 6.92 Å². The number of rotatable bonds is 5. The average Bonchev–Trinajstić information content (AvgIpc) is 2.80. The van der Waals surface area contributed by atoms with E-state index in [2.05, 4.69) is 5.32 Å². The quantitative estimate of drug-likeness (QED) is 0.829. The van der Waals surface area contributed by atoms with Crippen molar-refractivity contribution in [2.45, 2.75) is 20.4 Å². The van der Waals surface area contributed by atoms with Crippen LogP contribution in [0.2, 0.25) is 0 Å². The second kappa shape index (κ2) is 6.26. The molecule has 22 heavy (non-hydrogen) atoms. The smallest absolute Gasteiger partial charge is 0.337 e. The highest BCUT2D eigenvalue weighted by Crippen LogP contribution is 2.14. The lowest BCUT2D eigenvalue weighted by Gasteiger charge is -2.07. The summed E-state index contributed by atoms with van der Waals surface area (Å²) in [5.74, 6) is -1.32. The minimum atomic E-state index is -1.01. The van der Waals surface area contributed by atoms with Gasteiger partial charge in [0.2, 0.25) is 5.91 Å². The lowest BCUT2D eigenvalue weighted by Crippen LogP contribution is -2.12. The molecule has 0 saturated carbocycles. The van der Waals surface area contributed by atoms with Gasteiger partial charge in [0.15, 0.2) is 5.78 Å². The number of hydrogen-bond acceptors (Lipinski definition) is 3. The number of Topliss-reactive ketones (excluding diaryl/α,β-unsaturated/α-hetero) is 1. The van der Waals surface area contributed by atoms with E-state index in [9.17, 15) is 14.4 Å². The van der Waals surface area contributed by atoms with E-state index in [0.29, 0.717) is 16.9 Å². The summed E-state index contributed by atoms with van der Waals surface area (Å²) in [5, 5.41) is 11.6. The fourth-order valence-electron chi connectivity index (χ4n) is 2.14. The molecule has 0 bridgehead atoms. The van der Waals surface area contributed by atoms with Gasteiger partial charge < -0.3 is 15.0 Å². The number of aromatic carboxylic acids is 1. The van der Waals surface area contributed by atoms with Gasteiger partial charge in [0.05, 0.1) is 12.1 Å². The molecule has 0 aliphatic carbocycles. The lowest BCUT2D eigenvalue weighted by atomic mass is 10.1. The first-order valence-electron chi connectivity index (χ1n) is 6.68. The predicted octanol–water partition coefficient (Wildman–Crippen LogP) is 2.34. The van der Waals surface area contributed by atoms with Gasteiger partial charge in [-0.25, -0.2) is 4.79 Å². The Bertz CT molecular complexity index is 729. The van der Waals surface area contributed by atoms with Gasteiger partial charge in [-0.3, -0.25) is 9.59 Å². The van der Waals surface area contributed by atoms with Gasteiger partial charge in [0.25, 0.3) is 0 Å². The first-order valence-corrected chi connectivity index (χ1v) is 6.68. The zero-order valence-corrected chi connectivity index (χ0v) is 12.3. The van der Waals surface area contributed by atoms with Crippen molar-refractivity contribution in [3.05, 3.63) is 53.3 Å². The summed E-state index contributed by atoms with van der Waals surface area (Å²) in [4.78, 5) is 34.1. The van der Waals surface area contributed by atoms with Crippen LogP contribution in [0.3, 0.4) is 0 Å². The Kier molecular flexibility index (Phi) is 4.41. The molecular formula is C16H16N2O4. The second-order valence-electron chi connectivity index (χ2n) is 4.93. The van der Waals surface area contributed by atoms with Gasteiger partial charge in [-0.1, -0.05) is 0 Å². The lowest BCUT2D eigenvalue weighted by molar-refractivity contribution is -0.114. The molecule has 0 spiro atoms. The molecule has 1 aromatic carbocycles. The molecule has 0 fully saturated rings. The Morgan fingerprint density at radius 3 is 2.27 bits per heavy atom. The van der Waals surface area contributed by atoms with Crippen LogP contribution in [0.4, 0.5) is 5.69 Å². The SMILES string of the molecule is CC(=O)Nc1ccc(C(=O)Cn2ccc(C(=O)O)c2C)cc1. The number of amides is 1. The van der Waals surface area contributed by atoms with Crippen molar-refractivity contribution in [1.29, 1.82) is 0 Å². The Balaban J connectivity index is 2.12. The molecule has 6 heteroatoms. The maximum atomic E-state index is 12.2. The van der Waals surface area contributed by atoms with Crippen molar-refractivity contribution in [2.75, 3.05) is 5.32 Å². The van der Waals surface area contributed by atoms with E-state index in [0.717, 1.165) is 0 Å².